The van der Waals surface area contributed by atoms with Gasteiger partial charge in [-0.3, -0.25) is 0 Å². The molecule has 0 aliphatic carbocycles. The number of halogens is 1. The maximum Gasteiger partial charge on any atom is 0.349 e. The maximum atomic E-state index is 12.1. The van der Waals surface area contributed by atoms with E-state index in [0.29, 0.717) is 22.1 Å². The highest BCUT2D eigenvalue weighted by Crippen LogP contribution is 2.17. The van der Waals surface area contributed by atoms with Gasteiger partial charge in [0.05, 0.1) is 5.56 Å². The maximum absolute atomic E-state index is 12.1. The van der Waals surface area contributed by atoms with Crippen LogP contribution in [-0.4, -0.2) is 18.5 Å². The molecule has 0 atom stereocenters. The van der Waals surface area contributed by atoms with Crippen molar-refractivity contribution < 1.29 is 23.8 Å². The fraction of sp³-hybridized carbons (Fsp3) is 0.0909. The number of ether oxygens (including phenoxy) is 3. The summed E-state index contributed by atoms with van der Waals surface area (Å²) in [7, 11) is 0. The molecule has 0 radical (unpaired) electrons. The summed E-state index contributed by atoms with van der Waals surface area (Å²) >= 11 is 5.79. The van der Waals surface area contributed by atoms with E-state index in [1.54, 1.807) is 24.3 Å². The molecule has 0 aromatic heterocycles. The second-order valence-corrected chi connectivity index (χ2v) is 6.24. The van der Waals surface area contributed by atoms with Crippen LogP contribution in [0.15, 0.2) is 78.9 Å². The van der Waals surface area contributed by atoms with Gasteiger partial charge in [0.1, 0.15) is 18.1 Å². The molecule has 5 nitrogen and oxygen atoms in total. The molecule has 6 heteroatoms. The smallest absolute Gasteiger partial charge is 0.349 e. The Labute approximate surface area is 167 Å². The fourth-order valence-corrected chi connectivity index (χ4v) is 2.43. The standard InChI is InChI=1S/C22H17ClO5/c23-18-8-12-19(13-9-18)26-15-21(24)28-20-10-6-17(7-11-20)22(25)27-14-16-4-2-1-3-5-16/h1-13H,14-15H2. The van der Waals surface area contributed by atoms with Crippen molar-refractivity contribution >= 4 is 23.5 Å². The van der Waals surface area contributed by atoms with Crippen LogP contribution in [0, 0.1) is 0 Å². The van der Waals surface area contributed by atoms with Crippen molar-refractivity contribution in [2.24, 2.45) is 0 Å². The Morgan fingerprint density at radius 3 is 2.11 bits per heavy atom. The van der Waals surface area contributed by atoms with Crippen LogP contribution < -0.4 is 9.47 Å². The third kappa shape index (κ3) is 5.86. The van der Waals surface area contributed by atoms with Gasteiger partial charge >= 0.3 is 11.9 Å². The van der Waals surface area contributed by atoms with E-state index in [1.165, 1.54) is 24.3 Å². The van der Waals surface area contributed by atoms with Crippen LogP contribution in [0.4, 0.5) is 0 Å². The molecule has 3 aromatic rings. The van der Waals surface area contributed by atoms with Crippen molar-refractivity contribution in [2.75, 3.05) is 6.61 Å². The van der Waals surface area contributed by atoms with Crippen LogP contribution in [0.25, 0.3) is 0 Å². The lowest BCUT2D eigenvalue weighted by Gasteiger charge is -2.08. The molecule has 142 valence electrons. The van der Waals surface area contributed by atoms with Crippen molar-refractivity contribution in [3.05, 3.63) is 95.0 Å². The summed E-state index contributed by atoms with van der Waals surface area (Å²) in [6, 6.07) is 22.2. The largest absolute Gasteiger partial charge is 0.482 e. The molecule has 0 saturated heterocycles. The third-order valence-electron chi connectivity index (χ3n) is 3.70. The van der Waals surface area contributed by atoms with Crippen molar-refractivity contribution in [1.82, 2.24) is 0 Å². The van der Waals surface area contributed by atoms with Gasteiger partial charge in [-0.15, -0.1) is 0 Å². The molecule has 0 spiro atoms. The van der Waals surface area contributed by atoms with E-state index in [0.717, 1.165) is 5.56 Å². The highest BCUT2D eigenvalue weighted by molar-refractivity contribution is 6.30. The Hall–Kier alpha value is -3.31. The summed E-state index contributed by atoms with van der Waals surface area (Å²) in [4.78, 5) is 23.9. The third-order valence-corrected chi connectivity index (χ3v) is 3.96. The number of rotatable bonds is 7. The highest BCUT2D eigenvalue weighted by atomic mass is 35.5. The first-order valence-corrected chi connectivity index (χ1v) is 8.88. The Bertz CT molecular complexity index is 921. The Balaban J connectivity index is 1.47. The lowest BCUT2D eigenvalue weighted by molar-refractivity contribution is -0.136. The summed E-state index contributed by atoms with van der Waals surface area (Å²) in [5.74, 6) is -0.190. The second-order valence-electron chi connectivity index (χ2n) is 5.80. The number of hydrogen-bond donors (Lipinski definition) is 0. The average molecular weight is 397 g/mol. The Morgan fingerprint density at radius 2 is 1.43 bits per heavy atom. The minimum Gasteiger partial charge on any atom is -0.482 e. The Kier molecular flexibility index (Phi) is 6.65. The quantitative estimate of drug-likeness (QED) is 0.428. The predicted octanol–water partition coefficient (Wildman–Crippen LogP) is 4.68. The van der Waals surface area contributed by atoms with E-state index in [9.17, 15) is 9.59 Å². The molecule has 28 heavy (non-hydrogen) atoms. The van der Waals surface area contributed by atoms with Gasteiger partial charge in [-0.25, -0.2) is 9.59 Å². The average Bonchev–Trinajstić information content (AvgIpc) is 2.73. The van der Waals surface area contributed by atoms with Gasteiger partial charge in [-0.05, 0) is 54.1 Å². The van der Waals surface area contributed by atoms with Crippen LogP contribution in [0.2, 0.25) is 5.02 Å². The first-order chi connectivity index (χ1) is 13.6. The van der Waals surface area contributed by atoms with Gasteiger partial charge in [-0.2, -0.15) is 0 Å². The minimum atomic E-state index is -0.561. The molecule has 3 rings (SSSR count). The normalized spacial score (nSPS) is 10.2. The molecule has 0 fully saturated rings. The van der Waals surface area contributed by atoms with E-state index < -0.39 is 11.9 Å². The number of hydrogen-bond acceptors (Lipinski definition) is 5. The van der Waals surface area contributed by atoms with Gasteiger partial charge in [0, 0.05) is 5.02 Å². The zero-order valence-corrected chi connectivity index (χ0v) is 15.6. The lowest BCUT2D eigenvalue weighted by atomic mass is 10.2. The molecule has 0 amide bonds. The molecule has 3 aromatic carbocycles. The van der Waals surface area contributed by atoms with Crippen LogP contribution in [-0.2, 0) is 16.1 Å². The molecule has 0 saturated carbocycles. The first-order valence-electron chi connectivity index (χ1n) is 8.50. The number of carbonyl (C=O) groups is 2. The van der Waals surface area contributed by atoms with E-state index in [4.69, 9.17) is 25.8 Å². The summed E-state index contributed by atoms with van der Waals surface area (Å²) in [6.45, 7) is -0.0546. The fourth-order valence-electron chi connectivity index (χ4n) is 2.30. The molecule has 0 unspecified atom stereocenters. The van der Waals surface area contributed by atoms with Crippen LogP contribution in [0.5, 0.6) is 11.5 Å². The first kappa shape index (κ1) is 19.5. The Morgan fingerprint density at radius 1 is 0.786 bits per heavy atom. The van der Waals surface area contributed by atoms with Crippen LogP contribution >= 0.6 is 11.6 Å². The zero-order valence-electron chi connectivity index (χ0n) is 14.8. The van der Waals surface area contributed by atoms with Gasteiger partial charge in [0.15, 0.2) is 6.61 Å². The molecule has 0 N–H and O–H groups in total. The summed E-state index contributed by atoms with van der Waals surface area (Å²) < 4.78 is 15.8. The van der Waals surface area contributed by atoms with E-state index >= 15 is 0 Å². The molecule has 0 bridgehead atoms. The SMILES string of the molecule is O=C(COc1ccc(Cl)cc1)Oc1ccc(C(=O)OCc2ccccc2)cc1. The van der Waals surface area contributed by atoms with Crippen LogP contribution in [0.3, 0.4) is 0 Å². The zero-order chi connectivity index (χ0) is 19.8. The molecule has 0 heterocycles. The van der Waals surface area contributed by atoms with Gasteiger partial charge < -0.3 is 14.2 Å². The lowest BCUT2D eigenvalue weighted by Crippen LogP contribution is -2.17. The van der Waals surface area contributed by atoms with Crippen molar-refractivity contribution in [3.63, 3.8) is 0 Å². The monoisotopic (exact) mass is 396 g/mol. The van der Waals surface area contributed by atoms with Crippen LogP contribution in [0.1, 0.15) is 15.9 Å². The summed E-state index contributed by atoms with van der Waals surface area (Å²) in [5, 5.41) is 0.581. The number of esters is 2. The second kappa shape index (κ2) is 9.58. The highest BCUT2D eigenvalue weighted by Gasteiger charge is 2.10. The van der Waals surface area contributed by atoms with E-state index in [1.807, 2.05) is 30.3 Å². The predicted molar refractivity (Wildman–Crippen MR) is 105 cm³/mol. The number of benzene rings is 3. The molecule has 0 aliphatic heterocycles. The summed E-state index contributed by atoms with van der Waals surface area (Å²) in [5.41, 5.74) is 1.27. The van der Waals surface area contributed by atoms with E-state index in [2.05, 4.69) is 0 Å². The topological polar surface area (TPSA) is 61.8 Å². The van der Waals surface area contributed by atoms with Gasteiger partial charge in [0.25, 0.3) is 0 Å². The summed E-state index contributed by atoms with van der Waals surface area (Å²) in [6.07, 6.45) is 0. The van der Waals surface area contributed by atoms with Crippen molar-refractivity contribution in [2.45, 2.75) is 6.61 Å². The van der Waals surface area contributed by atoms with E-state index in [-0.39, 0.29) is 13.2 Å². The van der Waals surface area contributed by atoms with Gasteiger partial charge in [0.2, 0.25) is 0 Å². The molecular weight excluding hydrogens is 380 g/mol. The van der Waals surface area contributed by atoms with Crippen molar-refractivity contribution in [3.8, 4) is 11.5 Å². The number of carbonyl (C=O) groups excluding carboxylic acids is 2. The minimum absolute atomic E-state index is 0.193. The van der Waals surface area contributed by atoms with Gasteiger partial charge in [-0.1, -0.05) is 41.9 Å². The molecule has 0 aliphatic rings. The molecular formula is C22H17ClO5. The van der Waals surface area contributed by atoms with Crippen molar-refractivity contribution in [1.29, 1.82) is 0 Å².